The minimum absolute atomic E-state index is 0.0869. The lowest BCUT2D eigenvalue weighted by Gasteiger charge is -2.06. The fourth-order valence-electron chi connectivity index (χ4n) is 1.42. The zero-order valence-electron chi connectivity index (χ0n) is 10.3. The topological polar surface area (TPSA) is 77.0 Å². The number of halogens is 1. The molecule has 0 aromatic carbocycles. The smallest absolute Gasteiger partial charge is 0.258 e. The van der Waals surface area contributed by atoms with Crippen molar-refractivity contribution in [1.29, 1.82) is 0 Å². The number of rotatable bonds is 3. The Kier molecular flexibility index (Phi) is 3.91. The van der Waals surface area contributed by atoms with Gasteiger partial charge in [-0.05, 0) is 19.1 Å². The summed E-state index contributed by atoms with van der Waals surface area (Å²) in [6.07, 6.45) is 1.56. The fourth-order valence-corrected chi connectivity index (χ4v) is 1.59. The molecule has 7 heteroatoms. The zero-order valence-corrected chi connectivity index (χ0v) is 11.1. The van der Waals surface area contributed by atoms with Crippen LogP contribution in [0.25, 0.3) is 0 Å². The number of aryl methyl sites for hydroxylation is 1. The van der Waals surface area contributed by atoms with Crippen molar-refractivity contribution in [2.45, 2.75) is 6.92 Å². The van der Waals surface area contributed by atoms with E-state index in [2.05, 4.69) is 20.3 Å². The summed E-state index contributed by atoms with van der Waals surface area (Å²) in [5, 5.41) is 2.74. The van der Waals surface area contributed by atoms with Crippen LogP contribution in [-0.4, -0.2) is 28.0 Å². The highest BCUT2D eigenvalue weighted by atomic mass is 35.5. The second-order valence-corrected chi connectivity index (χ2v) is 4.08. The van der Waals surface area contributed by atoms with Crippen molar-refractivity contribution < 1.29 is 9.53 Å². The van der Waals surface area contributed by atoms with Crippen molar-refractivity contribution in [3.05, 3.63) is 40.8 Å². The Bertz CT molecular complexity index is 618. The molecular weight excluding hydrogens is 268 g/mol. The number of ether oxygens (including phenoxy) is 1. The van der Waals surface area contributed by atoms with E-state index in [1.54, 1.807) is 25.3 Å². The SMILES string of the molecule is COc1cc(Cl)nc(NC(=O)c2ccnc(C)c2)n1. The minimum Gasteiger partial charge on any atom is -0.481 e. The standard InChI is InChI=1S/C12H11ClN4O2/c1-7-5-8(3-4-14-7)11(18)17-12-15-9(13)6-10(16-12)19-2/h3-6H,1-2H3,(H,15,16,17,18). The van der Waals surface area contributed by atoms with E-state index in [1.165, 1.54) is 13.2 Å². The monoisotopic (exact) mass is 278 g/mol. The highest BCUT2D eigenvalue weighted by Gasteiger charge is 2.10. The van der Waals surface area contributed by atoms with Crippen LogP contribution in [0, 0.1) is 6.92 Å². The van der Waals surface area contributed by atoms with E-state index in [0.717, 1.165) is 5.69 Å². The van der Waals surface area contributed by atoms with Crippen LogP contribution in [0.2, 0.25) is 5.15 Å². The van der Waals surface area contributed by atoms with Crippen molar-refractivity contribution in [2.75, 3.05) is 12.4 Å². The Labute approximate surface area is 114 Å². The molecule has 1 N–H and O–H groups in total. The van der Waals surface area contributed by atoms with E-state index in [4.69, 9.17) is 16.3 Å². The third-order valence-corrected chi connectivity index (χ3v) is 2.46. The minimum atomic E-state index is -0.338. The Morgan fingerprint density at radius 2 is 2.16 bits per heavy atom. The van der Waals surface area contributed by atoms with Crippen LogP contribution in [0.5, 0.6) is 5.88 Å². The van der Waals surface area contributed by atoms with Crippen LogP contribution in [-0.2, 0) is 0 Å². The molecule has 2 rings (SSSR count). The molecule has 0 aliphatic carbocycles. The van der Waals surface area contributed by atoms with Crippen LogP contribution in [0.4, 0.5) is 5.95 Å². The first-order valence-corrected chi connectivity index (χ1v) is 5.79. The number of carbonyl (C=O) groups excluding carboxylic acids is 1. The van der Waals surface area contributed by atoms with Gasteiger partial charge in [0.15, 0.2) is 0 Å². The summed E-state index contributed by atoms with van der Waals surface area (Å²) in [5.74, 6) is 0.0276. The molecule has 1 amide bonds. The first-order chi connectivity index (χ1) is 9.08. The van der Waals surface area contributed by atoms with Gasteiger partial charge < -0.3 is 4.74 Å². The van der Waals surface area contributed by atoms with Crippen molar-refractivity contribution >= 4 is 23.5 Å². The number of methoxy groups -OCH3 is 1. The summed E-state index contributed by atoms with van der Waals surface area (Å²) in [7, 11) is 1.45. The number of nitrogens with zero attached hydrogens (tertiary/aromatic N) is 3. The lowest BCUT2D eigenvalue weighted by molar-refractivity contribution is 0.102. The van der Waals surface area contributed by atoms with Gasteiger partial charge >= 0.3 is 0 Å². The second-order valence-electron chi connectivity index (χ2n) is 3.70. The average molecular weight is 279 g/mol. The number of anilines is 1. The zero-order chi connectivity index (χ0) is 13.8. The molecule has 0 bridgehead atoms. The molecule has 2 aromatic heterocycles. The molecule has 2 heterocycles. The van der Waals surface area contributed by atoms with Gasteiger partial charge in [0.25, 0.3) is 5.91 Å². The largest absolute Gasteiger partial charge is 0.481 e. The van der Waals surface area contributed by atoms with E-state index in [1.807, 2.05) is 0 Å². The molecule has 0 aliphatic heterocycles. The molecule has 0 spiro atoms. The molecule has 0 aliphatic rings. The number of aromatic nitrogens is 3. The first kappa shape index (κ1) is 13.2. The van der Waals surface area contributed by atoms with E-state index < -0.39 is 0 Å². The van der Waals surface area contributed by atoms with E-state index >= 15 is 0 Å². The molecule has 2 aromatic rings. The molecular formula is C12H11ClN4O2. The van der Waals surface area contributed by atoms with Gasteiger partial charge in [0.05, 0.1) is 7.11 Å². The molecule has 0 fully saturated rings. The summed E-state index contributed by atoms with van der Waals surface area (Å²) in [4.78, 5) is 23.9. The predicted octanol–water partition coefficient (Wildman–Crippen LogP) is 2.09. The van der Waals surface area contributed by atoms with Crippen LogP contribution < -0.4 is 10.1 Å². The number of hydrogen-bond donors (Lipinski definition) is 1. The molecule has 98 valence electrons. The molecule has 19 heavy (non-hydrogen) atoms. The van der Waals surface area contributed by atoms with Crippen molar-refractivity contribution in [2.24, 2.45) is 0 Å². The Hall–Kier alpha value is -2.21. The van der Waals surface area contributed by atoms with Crippen LogP contribution >= 0.6 is 11.6 Å². The number of nitrogens with one attached hydrogen (secondary N) is 1. The van der Waals surface area contributed by atoms with Crippen LogP contribution in [0.15, 0.2) is 24.4 Å². The van der Waals surface area contributed by atoms with Gasteiger partial charge in [0, 0.05) is 23.5 Å². The number of pyridine rings is 1. The third kappa shape index (κ3) is 3.38. The van der Waals surface area contributed by atoms with E-state index in [9.17, 15) is 4.79 Å². The lowest BCUT2D eigenvalue weighted by Crippen LogP contribution is -2.14. The van der Waals surface area contributed by atoms with Crippen molar-refractivity contribution in [3.8, 4) is 5.88 Å². The van der Waals surface area contributed by atoms with Gasteiger partial charge in [0.2, 0.25) is 11.8 Å². The lowest BCUT2D eigenvalue weighted by atomic mass is 10.2. The highest BCUT2D eigenvalue weighted by Crippen LogP contribution is 2.16. The average Bonchev–Trinajstić information content (AvgIpc) is 2.38. The first-order valence-electron chi connectivity index (χ1n) is 5.41. The molecule has 0 atom stereocenters. The van der Waals surface area contributed by atoms with Gasteiger partial charge in [-0.25, -0.2) is 4.98 Å². The van der Waals surface area contributed by atoms with Gasteiger partial charge in [-0.2, -0.15) is 4.98 Å². The Morgan fingerprint density at radius 1 is 1.37 bits per heavy atom. The van der Waals surface area contributed by atoms with Crippen LogP contribution in [0.1, 0.15) is 16.1 Å². The second kappa shape index (κ2) is 5.62. The molecule has 0 unspecified atom stereocenters. The summed E-state index contributed by atoms with van der Waals surface area (Å²) in [6, 6.07) is 4.72. The molecule has 0 saturated carbocycles. The Balaban J connectivity index is 2.21. The summed E-state index contributed by atoms with van der Waals surface area (Å²) < 4.78 is 4.95. The van der Waals surface area contributed by atoms with Crippen LogP contribution in [0.3, 0.4) is 0 Å². The van der Waals surface area contributed by atoms with Gasteiger partial charge in [0.1, 0.15) is 5.15 Å². The molecule has 0 radical (unpaired) electrons. The maximum Gasteiger partial charge on any atom is 0.258 e. The predicted molar refractivity (Wildman–Crippen MR) is 70.5 cm³/mol. The quantitative estimate of drug-likeness (QED) is 0.870. The summed E-state index contributed by atoms with van der Waals surface area (Å²) >= 11 is 5.79. The maximum atomic E-state index is 12.0. The summed E-state index contributed by atoms with van der Waals surface area (Å²) in [5.41, 5.74) is 1.22. The van der Waals surface area contributed by atoms with E-state index in [-0.39, 0.29) is 22.9 Å². The Morgan fingerprint density at radius 3 is 2.84 bits per heavy atom. The van der Waals surface area contributed by atoms with E-state index in [0.29, 0.717) is 5.56 Å². The highest BCUT2D eigenvalue weighted by molar-refractivity contribution is 6.29. The van der Waals surface area contributed by atoms with Crippen molar-refractivity contribution in [3.63, 3.8) is 0 Å². The van der Waals surface area contributed by atoms with Crippen molar-refractivity contribution in [1.82, 2.24) is 15.0 Å². The fraction of sp³-hybridized carbons (Fsp3) is 0.167. The van der Waals surface area contributed by atoms with Gasteiger partial charge in [-0.1, -0.05) is 11.6 Å². The van der Waals surface area contributed by atoms with Gasteiger partial charge in [-0.3, -0.25) is 15.1 Å². The summed E-state index contributed by atoms with van der Waals surface area (Å²) in [6.45, 7) is 1.80. The normalized spacial score (nSPS) is 10.1. The van der Waals surface area contributed by atoms with Gasteiger partial charge in [-0.15, -0.1) is 0 Å². The number of carbonyl (C=O) groups is 1. The number of amides is 1. The molecule has 0 saturated heterocycles. The third-order valence-electron chi connectivity index (χ3n) is 2.26. The maximum absolute atomic E-state index is 12.0. The number of hydrogen-bond acceptors (Lipinski definition) is 5. The molecule has 6 nitrogen and oxygen atoms in total.